The Kier molecular flexibility index (Phi) is 5.15. The Morgan fingerprint density at radius 3 is 2.73 bits per heavy atom. The fourth-order valence-electron chi connectivity index (χ4n) is 2.66. The van der Waals surface area contributed by atoms with Crippen LogP contribution >= 0.6 is 0 Å². The van der Waals surface area contributed by atoms with Gasteiger partial charge >= 0.3 is 6.18 Å². The Balaban J connectivity index is 1.60. The van der Waals surface area contributed by atoms with Gasteiger partial charge in [-0.05, 0) is 24.6 Å². The molecule has 1 aliphatic rings. The number of alkyl halides is 3. The third-order valence-corrected chi connectivity index (χ3v) is 5.85. The van der Waals surface area contributed by atoms with Crippen LogP contribution in [0.25, 0.3) is 0 Å². The van der Waals surface area contributed by atoms with Gasteiger partial charge < -0.3 is 4.74 Å². The zero-order valence-corrected chi connectivity index (χ0v) is 14.4. The molecule has 3 rings (SSSR count). The largest absolute Gasteiger partial charge is 0.477 e. The first kappa shape index (κ1) is 18.6. The predicted molar refractivity (Wildman–Crippen MR) is 85.8 cm³/mol. The molecule has 0 aromatic carbocycles. The smallest absolute Gasteiger partial charge is 0.433 e. The molecule has 1 atom stereocenters. The molecule has 0 amide bonds. The van der Waals surface area contributed by atoms with Crippen molar-refractivity contribution in [2.45, 2.75) is 17.5 Å². The van der Waals surface area contributed by atoms with E-state index in [4.69, 9.17) is 4.74 Å². The summed E-state index contributed by atoms with van der Waals surface area (Å²) in [6.45, 7) is 0.644. The Morgan fingerprint density at radius 1 is 1.23 bits per heavy atom. The Labute approximate surface area is 148 Å². The maximum absolute atomic E-state index is 12.7. The molecular formula is C16H16F3N3O3S. The van der Waals surface area contributed by atoms with Crippen molar-refractivity contribution in [3.8, 4) is 5.88 Å². The molecule has 0 aliphatic carbocycles. The summed E-state index contributed by atoms with van der Waals surface area (Å²) in [5.74, 6) is -0.258. The van der Waals surface area contributed by atoms with Crippen LogP contribution in [0.4, 0.5) is 13.2 Å². The van der Waals surface area contributed by atoms with Crippen molar-refractivity contribution in [3.63, 3.8) is 0 Å². The molecule has 1 unspecified atom stereocenters. The molecule has 0 bridgehead atoms. The molecule has 0 radical (unpaired) electrons. The lowest BCUT2D eigenvalue weighted by atomic mass is 10.1. The van der Waals surface area contributed by atoms with Gasteiger partial charge in [-0.2, -0.15) is 17.5 Å². The van der Waals surface area contributed by atoms with E-state index >= 15 is 0 Å². The molecule has 6 nitrogen and oxygen atoms in total. The lowest BCUT2D eigenvalue weighted by Gasteiger charge is -2.16. The fraction of sp³-hybridized carbons (Fsp3) is 0.375. The van der Waals surface area contributed by atoms with Crippen molar-refractivity contribution >= 4 is 10.0 Å². The highest BCUT2D eigenvalue weighted by Crippen LogP contribution is 2.29. The molecule has 140 valence electrons. The minimum absolute atomic E-state index is 0.0906. The zero-order valence-electron chi connectivity index (χ0n) is 13.6. The number of hydrogen-bond donors (Lipinski definition) is 0. The van der Waals surface area contributed by atoms with Gasteiger partial charge in [-0.25, -0.2) is 13.4 Å². The highest BCUT2D eigenvalue weighted by molar-refractivity contribution is 7.89. The summed E-state index contributed by atoms with van der Waals surface area (Å²) >= 11 is 0. The van der Waals surface area contributed by atoms with E-state index in [2.05, 4.69) is 9.97 Å². The van der Waals surface area contributed by atoms with Crippen LogP contribution in [0, 0.1) is 5.92 Å². The number of nitrogens with zero attached hydrogens (tertiary/aromatic N) is 3. The summed E-state index contributed by atoms with van der Waals surface area (Å²) in [6.07, 6.45) is -1.22. The fourth-order valence-corrected chi connectivity index (χ4v) is 4.15. The summed E-state index contributed by atoms with van der Waals surface area (Å²) < 4.78 is 69.7. The van der Waals surface area contributed by atoms with Crippen molar-refractivity contribution in [2.24, 2.45) is 5.92 Å². The van der Waals surface area contributed by atoms with Crippen LogP contribution in [0.15, 0.2) is 47.6 Å². The lowest BCUT2D eigenvalue weighted by Crippen LogP contribution is -2.29. The van der Waals surface area contributed by atoms with E-state index in [0.717, 1.165) is 6.07 Å². The number of rotatable bonds is 5. The van der Waals surface area contributed by atoms with Gasteiger partial charge in [-0.1, -0.05) is 6.07 Å². The molecule has 0 N–H and O–H groups in total. The minimum Gasteiger partial charge on any atom is -0.477 e. The number of hydrogen-bond acceptors (Lipinski definition) is 5. The molecule has 10 heteroatoms. The third kappa shape index (κ3) is 4.13. The van der Waals surface area contributed by atoms with Crippen LogP contribution in [0.3, 0.4) is 0 Å². The van der Waals surface area contributed by atoms with Crippen molar-refractivity contribution in [1.82, 2.24) is 14.3 Å². The van der Waals surface area contributed by atoms with Crippen LogP contribution in [0.1, 0.15) is 12.1 Å². The normalized spacial score (nSPS) is 18.8. The van der Waals surface area contributed by atoms with Gasteiger partial charge in [-0.15, -0.1) is 0 Å². The summed E-state index contributed by atoms with van der Waals surface area (Å²) in [5.41, 5.74) is -1.03. The quantitative estimate of drug-likeness (QED) is 0.789. The van der Waals surface area contributed by atoms with E-state index in [9.17, 15) is 21.6 Å². The van der Waals surface area contributed by atoms with E-state index in [-0.39, 0.29) is 29.8 Å². The van der Waals surface area contributed by atoms with Crippen LogP contribution in [0.2, 0.25) is 0 Å². The van der Waals surface area contributed by atoms with Crippen molar-refractivity contribution in [3.05, 3.63) is 48.4 Å². The molecule has 2 aromatic heterocycles. The molecule has 0 spiro atoms. The molecule has 1 aliphatic heterocycles. The Hall–Kier alpha value is -2.20. The summed E-state index contributed by atoms with van der Waals surface area (Å²) in [5, 5.41) is 0. The molecule has 3 heterocycles. The number of sulfonamides is 1. The van der Waals surface area contributed by atoms with E-state index in [0.29, 0.717) is 13.0 Å². The average Bonchev–Trinajstić information content (AvgIpc) is 3.10. The SMILES string of the molecule is O=S(=O)(c1cccnc1)N1CCC(COc2cccc(C(F)(F)F)n2)C1. The van der Waals surface area contributed by atoms with Gasteiger partial charge in [0.05, 0.1) is 6.61 Å². The maximum Gasteiger partial charge on any atom is 0.433 e. The molecule has 1 saturated heterocycles. The first-order valence-electron chi connectivity index (χ1n) is 7.84. The van der Waals surface area contributed by atoms with E-state index in [1.807, 2.05) is 0 Å². The summed E-state index contributed by atoms with van der Waals surface area (Å²) in [7, 11) is -3.63. The van der Waals surface area contributed by atoms with E-state index in [1.54, 1.807) is 6.07 Å². The monoisotopic (exact) mass is 387 g/mol. The highest BCUT2D eigenvalue weighted by Gasteiger charge is 2.34. The van der Waals surface area contributed by atoms with Crippen molar-refractivity contribution < 1.29 is 26.3 Å². The molecule has 26 heavy (non-hydrogen) atoms. The molecule has 1 fully saturated rings. The second kappa shape index (κ2) is 7.20. The third-order valence-electron chi connectivity index (χ3n) is 4.00. The average molecular weight is 387 g/mol. The second-order valence-electron chi connectivity index (χ2n) is 5.88. The van der Waals surface area contributed by atoms with Crippen molar-refractivity contribution in [2.75, 3.05) is 19.7 Å². The van der Waals surface area contributed by atoms with E-state index in [1.165, 1.54) is 34.9 Å². The Bertz CT molecular complexity index is 860. The van der Waals surface area contributed by atoms with Crippen LogP contribution < -0.4 is 4.74 Å². The number of aromatic nitrogens is 2. The second-order valence-corrected chi connectivity index (χ2v) is 7.81. The van der Waals surface area contributed by atoms with Gasteiger partial charge in [0, 0.05) is 37.5 Å². The molecule has 2 aromatic rings. The maximum atomic E-state index is 12.7. The van der Waals surface area contributed by atoms with Gasteiger partial charge in [0.15, 0.2) is 0 Å². The van der Waals surface area contributed by atoms with Crippen LogP contribution in [0.5, 0.6) is 5.88 Å². The van der Waals surface area contributed by atoms with Crippen LogP contribution in [-0.2, 0) is 16.2 Å². The number of ether oxygens (including phenoxy) is 1. The Morgan fingerprint density at radius 2 is 2.04 bits per heavy atom. The highest BCUT2D eigenvalue weighted by atomic mass is 32.2. The molecule has 0 saturated carbocycles. The topological polar surface area (TPSA) is 72.4 Å². The van der Waals surface area contributed by atoms with Gasteiger partial charge in [0.25, 0.3) is 0 Å². The number of pyridine rings is 2. The standard InChI is InChI=1S/C16H16F3N3O3S/c17-16(18,19)14-4-1-5-15(21-14)25-11-12-6-8-22(10-12)26(23,24)13-3-2-7-20-9-13/h1-5,7,9,12H,6,8,10-11H2. The van der Waals surface area contributed by atoms with E-state index < -0.39 is 21.9 Å². The summed E-state index contributed by atoms with van der Waals surface area (Å²) in [4.78, 5) is 7.36. The van der Waals surface area contributed by atoms with Crippen LogP contribution in [-0.4, -0.2) is 42.4 Å². The van der Waals surface area contributed by atoms with Gasteiger partial charge in [0.1, 0.15) is 10.6 Å². The molecular weight excluding hydrogens is 371 g/mol. The predicted octanol–water partition coefficient (Wildman–Crippen LogP) is 2.59. The first-order chi connectivity index (χ1) is 12.3. The number of halogens is 3. The summed E-state index contributed by atoms with van der Waals surface area (Å²) in [6, 6.07) is 6.44. The first-order valence-corrected chi connectivity index (χ1v) is 9.28. The van der Waals surface area contributed by atoms with Gasteiger partial charge in [0.2, 0.25) is 15.9 Å². The van der Waals surface area contributed by atoms with Crippen molar-refractivity contribution in [1.29, 1.82) is 0 Å². The zero-order chi connectivity index (χ0) is 18.8. The lowest BCUT2D eigenvalue weighted by molar-refractivity contribution is -0.141. The van der Waals surface area contributed by atoms with Gasteiger partial charge in [-0.3, -0.25) is 4.98 Å². The minimum atomic E-state index is -4.54.